The summed E-state index contributed by atoms with van der Waals surface area (Å²) < 4.78 is 2.39. The predicted molar refractivity (Wildman–Crippen MR) is 145 cm³/mol. The lowest BCUT2D eigenvalue weighted by Gasteiger charge is -2.29. The minimum absolute atomic E-state index is 0.574. The Balaban J connectivity index is 1.70. The Hall–Kier alpha value is -1.57. The summed E-state index contributed by atoms with van der Waals surface area (Å²) in [7, 11) is 0. The molecule has 2 heteroatoms. The molecular formula is C31H52N2. The molecule has 0 aliphatic heterocycles. The summed E-state index contributed by atoms with van der Waals surface area (Å²) in [6.07, 6.45) is 31.1. The van der Waals surface area contributed by atoms with Crippen molar-refractivity contribution < 1.29 is 0 Å². The van der Waals surface area contributed by atoms with E-state index in [2.05, 4.69) is 59.9 Å². The van der Waals surface area contributed by atoms with Crippen LogP contribution in [0, 0.1) is 5.92 Å². The molecule has 0 aliphatic carbocycles. The molecule has 2 unspecified atom stereocenters. The van der Waals surface area contributed by atoms with Crippen molar-refractivity contribution in [2.75, 3.05) is 0 Å². The molecule has 0 bridgehead atoms. The molecule has 1 aromatic carbocycles. The highest BCUT2D eigenvalue weighted by Gasteiger charge is 2.22. The first-order chi connectivity index (χ1) is 16.3. The van der Waals surface area contributed by atoms with Gasteiger partial charge >= 0.3 is 0 Å². The maximum absolute atomic E-state index is 4.37. The molecule has 0 fully saturated rings. The highest BCUT2D eigenvalue weighted by Crippen LogP contribution is 2.32. The second-order valence-electron chi connectivity index (χ2n) is 10.2. The van der Waals surface area contributed by atoms with Gasteiger partial charge in [-0.1, -0.05) is 140 Å². The van der Waals surface area contributed by atoms with Crippen LogP contribution in [0.4, 0.5) is 0 Å². The highest BCUT2D eigenvalue weighted by atomic mass is 15.1. The minimum atomic E-state index is 0.574. The van der Waals surface area contributed by atoms with E-state index < -0.39 is 0 Å². The second-order valence-corrected chi connectivity index (χ2v) is 10.2. The lowest BCUT2D eigenvalue weighted by molar-refractivity contribution is 0.277. The molecule has 1 aromatic heterocycles. The number of aromatic nitrogens is 2. The third kappa shape index (κ3) is 12.5. The largest absolute Gasteiger partial charge is 0.334 e. The van der Waals surface area contributed by atoms with Gasteiger partial charge in [-0.2, -0.15) is 0 Å². The Kier molecular flexibility index (Phi) is 15.8. The third-order valence-electron chi connectivity index (χ3n) is 7.32. The molecule has 0 radical (unpaired) electrons. The van der Waals surface area contributed by atoms with Gasteiger partial charge in [0, 0.05) is 18.4 Å². The van der Waals surface area contributed by atoms with Crippen LogP contribution in [0.25, 0.3) is 0 Å². The molecule has 2 rings (SSSR count). The standard InChI is InChI=1S/C31H52N2/c1-3-5-7-8-9-10-11-12-13-14-15-16-20-23-30(27-29-21-18-17-19-22-29)31(24-6-4-2)33-26-25-32-28-33/h17-19,21-22,25-26,28,30-31H,3-16,20,23-24,27H2,1-2H3. The fraction of sp³-hybridized carbons (Fsp3) is 0.710. The molecule has 33 heavy (non-hydrogen) atoms. The highest BCUT2D eigenvalue weighted by molar-refractivity contribution is 5.15. The van der Waals surface area contributed by atoms with E-state index in [1.54, 1.807) is 0 Å². The molecular weight excluding hydrogens is 400 g/mol. The molecule has 0 spiro atoms. The molecule has 2 atom stereocenters. The van der Waals surface area contributed by atoms with Crippen molar-refractivity contribution in [1.82, 2.24) is 9.55 Å². The van der Waals surface area contributed by atoms with E-state index in [1.165, 1.54) is 121 Å². The summed E-state index contributed by atoms with van der Waals surface area (Å²) >= 11 is 0. The van der Waals surface area contributed by atoms with Crippen LogP contribution < -0.4 is 0 Å². The zero-order chi connectivity index (χ0) is 23.4. The van der Waals surface area contributed by atoms with Gasteiger partial charge in [0.1, 0.15) is 0 Å². The van der Waals surface area contributed by atoms with E-state index in [-0.39, 0.29) is 0 Å². The van der Waals surface area contributed by atoms with Crippen LogP contribution >= 0.6 is 0 Å². The first-order valence-corrected chi connectivity index (χ1v) is 14.4. The average molecular weight is 453 g/mol. The van der Waals surface area contributed by atoms with Gasteiger partial charge < -0.3 is 4.57 Å². The first kappa shape index (κ1) is 27.7. The summed E-state index contributed by atoms with van der Waals surface area (Å²) in [6.45, 7) is 4.61. The van der Waals surface area contributed by atoms with Gasteiger partial charge in [-0.15, -0.1) is 0 Å². The van der Waals surface area contributed by atoms with Crippen LogP contribution in [0.1, 0.15) is 135 Å². The number of imidazole rings is 1. The molecule has 2 aromatic rings. The maximum Gasteiger partial charge on any atom is 0.0948 e. The Morgan fingerprint density at radius 3 is 1.79 bits per heavy atom. The summed E-state index contributed by atoms with van der Waals surface area (Å²) in [6, 6.07) is 11.7. The summed E-state index contributed by atoms with van der Waals surface area (Å²) in [5.74, 6) is 0.695. The van der Waals surface area contributed by atoms with Gasteiger partial charge in [-0.3, -0.25) is 0 Å². The van der Waals surface area contributed by atoms with Crippen molar-refractivity contribution in [2.24, 2.45) is 5.92 Å². The van der Waals surface area contributed by atoms with Gasteiger partial charge in [0.05, 0.1) is 6.33 Å². The van der Waals surface area contributed by atoms with Crippen LogP contribution in [0.2, 0.25) is 0 Å². The lowest BCUT2D eigenvalue weighted by Crippen LogP contribution is -2.21. The molecule has 0 saturated heterocycles. The van der Waals surface area contributed by atoms with E-state index in [4.69, 9.17) is 0 Å². The van der Waals surface area contributed by atoms with Crippen LogP contribution in [0.15, 0.2) is 49.1 Å². The normalized spacial score (nSPS) is 13.3. The fourth-order valence-electron chi connectivity index (χ4n) is 5.28. The Labute approximate surface area is 205 Å². The van der Waals surface area contributed by atoms with Gasteiger partial charge in [-0.25, -0.2) is 4.98 Å². The quantitative estimate of drug-likeness (QED) is 0.172. The minimum Gasteiger partial charge on any atom is -0.334 e. The number of unbranched alkanes of at least 4 members (excludes halogenated alkanes) is 13. The molecule has 0 amide bonds. The van der Waals surface area contributed by atoms with Gasteiger partial charge in [-0.05, 0) is 30.7 Å². The van der Waals surface area contributed by atoms with Crippen molar-refractivity contribution >= 4 is 0 Å². The van der Waals surface area contributed by atoms with E-state index >= 15 is 0 Å². The van der Waals surface area contributed by atoms with E-state index in [1.807, 2.05) is 12.5 Å². The van der Waals surface area contributed by atoms with Gasteiger partial charge in [0.25, 0.3) is 0 Å². The third-order valence-corrected chi connectivity index (χ3v) is 7.32. The Bertz CT molecular complexity index is 649. The maximum atomic E-state index is 4.37. The first-order valence-electron chi connectivity index (χ1n) is 14.4. The van der Waals surface area contributed by atoms with Gasteiger partial charge in [0.2, 0.25) is 0 Å². The number of hydrogen-bond acceptors (Lipinski definition) is 1. The lowest BCUT2D eigenvalue weighted by atomic mass is 9.84. The molecule has 1 heterocycles. The zero-order valence-electron chi connectivity index (χ0n) is 21.9. The van der Waals surface area contributed by atoms with Crippen molar-refractivity contribution in [3.63, 3.8) is 0 Å². The monoisotopic (exact) mass is 452 g/mol. The van der Waals surface area contributed by atoms with Crippen LogP contribution in [-0.2, 0) is 6.42 Å². The Morgan fingerprint density at radius 1 is 0.667 bits per heavy atom. The number of benzene rings is 1. The zero-order valence-corrected chi connectivity index (χ0v) is 21.9. The molecule has 186 valence electrons. The fourth-order valence-corrected chi connectivity index (χ4v) is 5.28. The Morgan fingerprint density at radius 2 is 1.24 bits per heavy atom. The van der Waals surface area contributed by atoms with Crippen molar-refractivity contribution in [2.45, 2.75) is 135 Å². The second kappa shape index (κ2) is 18.8. The van der Waals surface area contributed by atoms with Crippen molar-refractivity contribution in [1.29, 1.82) is 0 Å². The van der Waals surface area contributed by atoms with Crippen LogP contribution in [0.5, 0.6) is 0 Å². The number of rotatable bonds is 21. The summed E-state index contributed by atoms with van der Waals surface area (Å²) in [5.41, 5.74) is 1.49. The predicted octanol–water partition coefficient (Wildman–Crippen LogP) is 9.95. The molecule has 0 aliphatic rings. The summed E-state index contributed by atoms with van der Waals surface area (Å²) in [5, 5.41) is 0. The van der Waals surface area contributed by atoms with Crippen LogP contribution in [-0.4, -0.2) is 9.55 Å². The smallest absolute Gasteiger partial charge is 0.0948 e. The van der Waals surface area contributed by atoms with Crippen molar-refractivity contribution in [3.05, 3.63) is 54.6 Å². The summed E-state index contributed by atoms with van der Waals surface area (Å²) in [4.78, 5) is 4.37. The topological polar surface area (TPSA) is 17.8 Å². The van der Waals surface area contributed by atoms with E-state index in [0.29, 0.717) is 12.0 Å². The SMILES string of the molecule is CCCCCCCCCCCCCCCC(Cc1ccccc1)C(CCCC)n1ccnc1. The van der Waals surface area contributed by atoms with E-state index in [9.17, 15) is 0 Å². The average Bonchev–Trinajstić information content (AvgIpc) is 3.37. The van der Waals surface area contributed by atoms with E-state index in [0.717, 1.165) is 0 Å². The number of nitrogens with zero attached hydrogens (tertiary/aromatic N) is 2. The van der Waals surface area contributed by atoms with Gasteiger partial charge in [0.15, 0.2) is 0 Å². The number of hydrogen-bond donors (Lipinski definition) is 0. The van der Waals surface area contributed by atoms with Crippen LogP contribution in [0.3, 0.4) is 0 Å². The molecule has 2 nitrogen and oxygen atoms in total. The van der Waals surface area contributed by atoms with Crippen molar-refractivity contribution in [3.8, 4) is 0 Å². The molecule has 0 saturated carbocycles. The molecule has 0 N–H and O–H groups in total.